The summed E-state index contributed by atoms with van der Waals surface area (Å²) in [5, 5.41) is 4.21. The number of nitrogens with zero attached hydrogens (tertiary/aromatic N) is 2. The second-order valence-corrected chi connectivity index (χ2v) is 7.14. The van der Waals surface area contributed by atoms with E-state index in [2.05, 4.69) is 30.9 Å². The molecule has 1 fully saturated rings. The van der Waals surface area contributed by atoms with E-state index in [1.165, 1.54) is 0 Å². The van der Waals surface area contributed by atoms with Crippen LogP contribution in [0, 0.1) is 5.41 Å². The molecule has 0 amide bonds. The fourth-order valence-electron chi connectivity index (χ4n) is 3.12. The molecule has 2 heterocycles. The number of methoxy groups -OCH3 is 1. The van der Waals surface area contributed by atoms with Crippen LogP contribution in [0.3, 0.4) is 0 Å². The van der Waals surface area contributed by atoms with E-state index in [1.54, 1.807) is 7.11 Å². The summed E-state index contributed by atoms with van der Waals surface area (Å²) in [6, 6.07) is 7.99. The van der Waals surface area contributed by atoms with Crippen LogP contribution in [0.5, 0.6) is 0 Å². The van der Waals surface area contributed by atoms with E-state index in [-0.39, 0.29) is 17.4 Å². The number of ether oxygens (including phenoxy) is 2. The third-order valence-corrected chi connectivity index (χ3v) is 4.23. The van der Waals surface area contributed by atoms with Crippen molar-refractivity contribution in [2.45, 2.75) is 45.8 Å². The van der Waals surface area contributed by atoms with Crippen LogP contribution in [0.4, 0.5) is 0 Å². The minimum absolute atomic E-state index is 0.0593. The zero-order valence-corrected chi connectivity index (χ0v) is 14.2. The zero-order valence-electron chi connectivity index (χ0n) is 14.2. The molecule has 1 aliphatic heterocycles. The standard InChI is InChI=1S/C18H24N2O3/c1-18(2,3)15-14(9-10-22-15)16-19-17(23-20-16)13-7-5-12(6-8-13)11-21-4/h5-8,14-15H,9-11H2,1-4H3/t14-,15-/m0/s1. The molecule has 1 aromatic carbocycles. The van der Waals surface area contributed by atoms with Crippen molar-refractivity contribution in [3.63, 3.8) is 0 Å². The smallest absolute Gasteiger partial charge is 0.257 e. The van der Waals surface area contributed by atoms with Crippen molar-refractivity contribution in [3.05, 3.63) is 35.7 Å². The van der Waals surface area contributed by atoms with Gasteiger partial charge in [-0.2, -0.15) is 4.98 Å². The molecule has 1 saturated heterocycles. The third-order valence-electron chi connectivity index (χ3n) is 4.23. The van der Waals surface area contributed by atoms with Gasteiger partial charge in [0.1, 0.15) is 0 Å². The Balaban J connectivity index is 1.80. The second kappa shape index (κ2) is 6.42. The third kappa shape index (κ3) is 3.46. The van der Waals surface area contributed by atoms with Gasteiger partial charge in [-0.1, -0.05) is 38.1 Å². The van der Waals surface area contributed by atoms with Crippen LogP contribution >= 0.6 is 0 Å². The van der Waals surface area contributed by atoms with Crippen LogP contribution in [0.15, 0.2) is 28.8 Å². The Bertz CT molecular complexity index is 643. The Hall–Kier alpha value is -1.72. The van der Waals surface area contributed by atoms with Crippen molar-refractivity contribution in [1.82, 2.24) is 10.1 Å². The number of benzene rings is 1. The highest BCUT2D eigenvalue weighted by Crippen LogP contribution is 2.40. The Morgan fingerprint density at radius 2 is 1.96 bits per heavy atom. The first-order chi connectivity index (χ1) is 11.0. The number of hydrogen-bond acceptors (Lipinski definition) is 5. The van der Waals surface area contributed by atoms with Crippen molar-refractivity contribution in [1.29, 1.82) is 0 Å². The molecule has 1 aromatic heterocycles. The molecule has 0 spiro atoms. The summed E-state index contributed by atoms with van der Waals surface area (Å²) in [6.07, 6.45) is 1.06. The van der Waals surface area contributed by atoms with E-state index in [1.807, 2.05) is 24.3 Å². The van der Waals surface area contributed by atoms with Gasteiger partial charge in [0.25, 0.3) is 5.89 Å². The maximum Gasteiger partial charge on any atom is 0.257 e. The van der Waals surface area contributed by atoms with Crippen LogP contribution in [0.25, 0.3) is 11.5 Å². The summed E-state index contributed by atoms with van der Waals surface area (Å²) in [4.78, 5) is 4.61. The quantitative estimate of drug-likeness (QED) is 0.858. The molecule has 0 saturated carbocycles. The maximum atomic E-state index is 5.91. The molecular formula is C18H24N2O3. The van der Waals surface area contributed by atoms with Crippen LogP contribution in [-0.2, 0) is 16.1 Å². The van der Waals surface area contributed by atoms with Crippen LogP contribution in [0.2, 0.25) is 0 Å². The lowest BCUT2D eigenvalue weighted by atomic mass is 9.81. The summed E-state index contributed by atoms with van der Waals surface area (Å²) in [7, 11) is 1.69. The molecule has 2 atom stereocenters. The molecule has 0 unspecified atom stereocenters. The topological polar surface area (TPSA) is 57.4 Å². The van der Waals surface area contributed by atoms with E-state index >= 15 is 0 Å². The van der Waals surface area contributed by atoms with Crippen molar-refractivity contribution in [2.24, 2.45) is 5.41 Å². The average Bonchev–Trinajstić information content (AvgIpc) is 3.17. The summed E-state index contributed by atoms with van der Waals surface area (Å²) in [6.45, 7) is 7.91. The fourth-order valence-corrected chi connectivity index (χ4v) is 3.12. The minimum Gasteiger partial charge on any atom is -0.380 e. The lowest BCUT2D eigenvalue weighted by molar-refractivity contribution is 0.0193. The van der Waals surface area contributed by atoms with Crippen LogP contribution in [-0.4, -0.2) is 30.0 Å². The van der Waals surface area contributed by atoms with Gasteiger partial charge in [0.05, 0.1) is 18.6 Å². The maximum absolute atomic E-state index is 5.91. The van der Waals surface area contributed by atoms with Crippen molar-refractivity contribution in [2.75, 3.05) is 13.7 Å². The molecule has 0 radical (unpaired) electrons. The van der Waals surface area contributed by atoms with Gasteiger partial charge < -0.3 is 14.0 Å². The number of aromatic nitrogens is 2. The molecule has 2 aromatic rings. The summed E-state index contributed by atoms with van der Waals surface area (Å²) in [5.74, 6) is 1.50. The molecule has 5 nitrogen and oxygen atoms in total. The highest BCUT2D eigenvalue weighted by atomic mass is 16.5. The lowest BCUT2D eigenvalue weighted by Crippen LogP contribution is -2.30. The fraction of sp³-hybridized carbons (Fsp3) is 0.556. The van der Waals surface area contributed by atoms with Crippen LogP contribution < -0.4 is 0 Å². The molecule has 5 heteroatoms. The van der Waals surface area contributed by atoms with Crippen LogP contribution in [0.1, 0.15) is 44.5 Å². The van der Waals surface area contributed by atoms with Gasteiger partial charge in [-0.15, -0.1) is 0 Å². The first kappa shape index (κ1) is 16.1. The Morgan fingerprint density at radius 1 is 1.22 bits per heavy atom. The normalized spacial score (nSPS) is 21.7. The Morgan fingerprint density at radius 3 is 2.61 bits per heavy atom. The summed E-state index contributed by atoms with van der Waals surface area (Å²) < 4.78 is 16.5. The number of rotatable bonds is 4. The van der Waals surface area contributed by atoms with E-state index in [0.717, 1.165) is 30.0 Å². The van der Waals surface area contributed by atoms with Gasteiger partial charge in [0, 0.05) is 19.3 Å². The Labute approximate surface area is 137 Å². The largest absolute Gasteiger partial charge is 0.380 e. The molecule has 0 bridgehead atoms. The average molecular weight is 316 g/mol. The molecular weight excluding hydrogens is 292 g/mol. The highest BCUT2D eigenvalue weighted by Gasteiger charge is 2.40. The Kier molecular flexibility index (Phi) is 4.50. The lowest BCUT2D eigenvalue weighted by Gasteiger charge is -2.29. The van der Waals surface area contributed by atoms with Gasteiger partial charge in [-0.3, -0.25) is 0 Å². The molecule has 0 N–H and O–H groups in total. The monoisotopic (exact) mass is 316 g/mol. The summed E-state index contributed by atoms with van der Waals surface area (Å²) >= 11 is 0. The zero-order chi connectivity index (χ0) is 16.4. The SMILES string of the molecule is COCc1ccc(-c2nc([C@H]3CCO[C@@H]3C(C)(C)C)no2)cc1. The van der Waals surface area contributed by atoms with Gasteiger partial charge >= 0.3 is 0 Å². The van der Waals surface area contributed by atoms with Crippen molar-refractivity contribution < 1.29 is 14.0 Å². The van der Waals surface area contributed by atoms with Crippen molar-refractivity contribution >= 4 is 0 Å². The first-order valence-corrected chi connectivity index (χ1v) is 8.02. The first-order valence-electron chi connectivity index (χ1n) is 8.02. The molecule has 1 aliphatic rings. The van der Waals surface area contributed by atoms with Gasteiger partial charge in [0.15, 0.2) is 5.82 Å². The van der Waals surface area contributed by atoms with Gasteiger partial charge in [-0.25, -0.2) is 0 Å². The predicted octanol–water partition coefficient (Wildman–Crippen LogP) is 3.80. The number of hydrogen-bond donors (Lipinski definition) is 0. The van der Waals surface area contributed by atoms with E-state index in [4.69, 9.17) is 14.0 Å². The molecule has 3 rings (SSSR count). The highest BCUT2D eigenvalue weighted by molar-refractivity contribution is 5.53. The van der Waals surface area contributed by atoms with E-state index < -0.39 is 0 Å². The van der Waals surface area contributed by atoms with Gasteiger partial charge in [0.2, 0.25) is 0 Å². The second-order valence-electron chi connectivity index (χ2n) is 7.14. The van der Waals surface area contributed by atoms with Gasteiger partial charge in [-0.05, 0) is 29.5 Å². The van der Waals surface area contributed by atoms with E-state index in [9.17, 15) is 0 Å². The molecule has 124 valence electrons. The van der Waals surface area contributed by atoms with Crippen molar-refractivity contribution in [3.8, 4) is 11.5 Å². The minimum atomic E-state index is 0.0593. The molecule has 23 heavy (non-hydrogen) atoms. The van der Waals surface area contributed by atoms with E-state index in [0.29, 0.717) is 12.5 Å². The summed E-state index contributed by atoms with van der Waals surface area (Å²) in [5.41, 5.74) is 2.10. The molecule has 0 aliphatic carbocycles. The predicted molar refractivity (Wildman–Crippen MR) is 87.0 cm³/mol.